The Labute approximate surface area is 150 Å². The molecule has 4 nitrogen and oxygen atoms in total. The van der Waals surface area contributed by atoms with Gasteiger partial charge in [0.25, 0.3) is 0 Å². The summed E-state index contributed by atoms with van der Waals surface area (Å²) < 4.78 is 15.5. The van der Waals surface area contributed by atoms with Crippen LogP contribution in [0.25, 0.3) is 5.69 Å². The summed E-state index contributed by atoms with van der Waals surface area (Å²) in [4.78, 5) is 16.3. The molecule has 0 aliphatic carbocycles. The first kappa shape index (κ1) is 17.2. The maximum atomic E-state index is 13.6. The molecule has 0 radical (unpaired) electrons. The molecule has 1 heterocycles. The van der Waals surface area contributed by atoms with Crippen molar-refractivity contribution in [2.75, 3.05) is 5.75 Å². The summed E-state index contributed by atoms with van der Waals surface area (Å²) in [6, 6.07) is 14.5. The number of hydrogen-bond donors (Lipinski definition) is 1. The second-order valence-corrected chi connectivity index (χ2v) is 6.52. The van der Waals surface area contributed by atoms with E-state index >= 15 is 0 Å². The number of aromatic nitrogens is 2. The molecule has 128 valence electrons. The lowest BCUT2D eigenvalue weighted by molar-refractivity contribution is -0.118. The van der Waals surface area contributed by atoms with Crippen molar-refractivity contribution in [2.45, 2.75) is 18.6 Å². The van der Waals surface area contributed by atoms with Gasteiger partial charge in [-0.05, 0) is 30.7 Å². The van der Waals surface area contributed by atoms with Crippen LogP contribution in [0.15, 0.2) is 66.1 Å². The van der Waals surface area contributed by atoms with Crippen molar-refractivity contribution in [2.24, 2.45) is 0 Å². The smallest absolute Gasteiger partial charge is 0.230 e. The van der Waals surface area contributed by atoms with Gasteiger partial charge in [-0.2, -0.15) is 0 Å². The third-order valence-electron chi connectivity index (χ3n) is 3.65. The van der Waals surface area contributed by atoms with Crippen LogP contribution in [0.1, 0.15) is 11.1 Å². The molecule has 6 heteroatoms. The average molecular weight is 355 g/mol. The number of benzene rings is 2. The van der Waals surface area contributed by atoms with E-state index in [1.165, 1.54) is 17.8 Å². The molecule has 3 rings (SSSR count). The predicted octanol–water partition coefficient (Wildman–Crippen LogP) is 3.73. The zero-order valence-corrected chi connectivity index (χ0v) is 14.6. The summed E-state index contributed by atoms with van der Waals surface area (Å²) in [5.41, 5.74) is 2.64. The topological polar surface area (TPSA) is 46.9 Å². The van der Waals surface area contributed by atoms with Crippen LogP contribution >= 0.6 is 11.8 Å². The van der Waals surface area contributed by atoms with Gasteiger partial charge >= 0.3 is 0 Å². The lowest BCUT2D eigenvalue weighted by Gasteiger charge is -2.09. The summed E-state index contributed by atoms with van der Waals surface area (Å²) in [6.45, 7) is 2.21. The highest BCUT2D eigenvalue weighted by Crippen LogP contribution is 2.20. The van der Waals surface area contributed by atoms with Crippen LogP contribution in [0.2, 0.25) is 0 Å². The average Bonchev–Trinajstić information content (AvgIpc) is 3.08. The van der Waals surface area contributed by atoms with Crippen LogP contribution in [-0.4, -0.2) is 21.2 Å². The molecular formula is C19H18FN3OS. The first-order chi connectivity index (χ1) is 12.1. The second kappa shape index (κ2) is 7.98. The lowest BCUT2D eigenvalue weighted by atomic mass is 10.2. The molecule has 0 bridgehead atoms. The number of nitrogens with zero attached hydrogens (tertiary/aromatic N) is 2. The Hall–Kier alpha value is -2.60. The van der Waals surface area contributed by atoms with Gasteiger partial charge in [-0.15, -0.1) is 0 Å². The Bertz CT molecular complexity index is 878. The van der Waals surface area contributed by atoms with Gasteiger partial charge in [-0.3, -0.25) is 9.36 Å². The first-order valence-corrected chi connectivity index (χ1v) is 8.85. The largest absolute Gasteiger partial charge is 0.351 e. The summed E-state index contributed by atoms with van der Waals surface area (Å²) in [5, 5.41) is 3.48. The summed E-state index contributed by atoms with van der Waals surface area (Å²) in [5.74, 6) is -0.255. The molecule has 0 aliphatic rings. The van der Waals surface area contributed by atoms with E-state index in [9.17, 15) is 9.18 Å². The fraction of sp³-hybridized carbons (Fsp3) is 0.158. The van der Waals surface area contributed by atoms with Crippen molar-refractivity contribution < 1.29 is 9.18 Å². The number of imidazole rings is 1. The number of aryl methyl sites for hydroxylation is 1. The number of carbonyl (C=O) groups excluding carboxylic acids is 1. The highest BCUT2D eigenvalue weighted by Gasteiger charge is 2.10. The summed E-state index contributed by atoms with van der Waals surface area (Å²) >= 11 is 1.35. The van der Waals surface area contributed by atoms with Gasteiger partial charge in [-0.25, -0.2) is 9.37 Å². The van der Waals surface area contributed by atoms with Gasteiger partial charge in [0, 0.05) is 30.2 Å². The van der Waals surface area contributed by atoms with Crippen LogP contribution in [0.3, 0.4) is 0 Å². The Morgan fingerprint density at radius 3 is 2.88 bits per heavy atom. The van der Waals surface area contributed by atoms with E-state index in [-0.39, 0.29) is 24.0 Å². The Kier molecular flexibility index (Phi) is 5.50. The highest BCUT2D eigenvalue weighted by atomic mass is 32.2. The van der Waals surface area contributed by atoms with Crippen LogP contribution < -0.4 is 5.32 Å². The maximum Gasteiger partial charge on any atom is 0.230 e. The highest BCUT2D eigenvalue weighted by molar-refractivity contribution is 7.99. The molecule has 0 unspecified atom stereocenters. The fourth-order valence-corrected chi connectivity index (χ4v) is 3.19. The molecule has 3 aromatic rings. The standard InChI is InChI=1S/C19H18FN3OS/c1-14-5-4-7-16(11-14)23-10-9-21-19(23)25-13-18(24)22-12-15-6-2-3-8-17(15)20/h2-11H,12-13H2,1H3,(H,22,24). The van der Waals surface area contributed by atoms with Crippen LogP contribution in [0.4, 0.5) is 4.39 Å². The molecule has 1 amide bonds. The zero-order chi connectivity index (χ0) is 17.6. The number of carbonyl (C=O) groups is 1. The minimum absolute atomic E-state index is 0.160. The van der Waals surface area contributed by atoms with Crippen molar-refractivity contribution in [3.05, 3.63) is 77.9 Å². The van der Waals surface area contributed by atoms with E-state index in [2.05, 4.69) is 16.4 Å². The molecule has 25 heavy (non-hydrogen) atoms. The molecular weight excluding hydrogens is 337 g/mol. The number of amides is 1. The molecule has 0 saturated carbocycles. The minimum atomic E-state index is -0.314. The Morgan fingerprint density at radius 2 is 2.08 bits per heavy atom. The van der Waals surface area contributed by atoms with Crippen molar-refractivity contribution in [1.82, 2.24) is 14.9 Å². The first-order valence-electron chi connectivity index (χ1n) is 7.87. The van der Waals surface area contributed by atoms with E-state index < -0.39 is 0 Å². The van der Waals surface area contributed by atoms with Crippen molar-refractivity contribution in [3.63, 3.8) is 0 Å². The lowest BCUT2D eigenvalue weighted by Crippen LogP contribution is -2.25. The number of nitrogens with one attached hydrogen (secondary N) is 1. The minimum Gasteiger partial charge on any atom is -0.351 e. The second-order valence-electron chi connectivity index (χ2n) is 5.58. The summed E-state index contributed by atoms with van der Waals surface area (Å²) in [6.07, 6.45) is 3.58. The van der Waals surface area contributed by atoms with Crippen molar-refractivity contribution in [1.29, 1.82) is 0 Å². The maximum absolute atomic E-state index is 13.6. The Balaban J connectivity index is 1.58. The third-order valence-corrected chi connectivity index (χ3v) is 4.62. The van der Waals surface area contributed by atoms with Gasteiger partial charge in [0.15, 0.2) is 5.16 Å². The Morgan fingerprint density at radius 1 is 1.24 bits per heavy atom. The van der Waals surface area contributed by atoms with Crippen molar-refractivity contribution in [3.8, 4) is 5.69 Å². The van der Waals surface area contributed by atoms with Gasteiger partial charge in [-0.1, -0.05) is 42.1 Å². The van der Waals surface area contributed by atoms with Crippen LogP contribution in [0, 0.1) is 12.7 Å². The molecule has 0 aliphatic heterocycles. The third kappa shape index (κ3) is 4.48. The molecule has 0 spiro atoms. The van der Waals surface area contributed by atoms with E-state index in [0.29, 0.717) is 5.56 Å². The quantitative estimate of drug-likeness (QED) is 0.686. The van der Waals surface area contributed by atoms with E-state index in [1.54, 1.807) is 24.4 Å². The van der Waals surface area contributed by atoms with Gasteiger partial charge < -0.3 is 5.32 Å². The van der Waals surface area contributed by atoms with E-state index in [4.69, 9.17) is 0 Å². The molecule has 2 aromatic carbocycles. The predicted molar refractivity (Wildman–Crippen MR) is 97.3 cm³/mol. The number of hydrogen-bond acceptors (Lipinski definition) is 3. The van der Waals surface area contributed by atoms with Gasteiger partial charge in [0.05, 0.1) is 5.75 Å². The van der Waals surface area contributed by atoms with Gasteiger partial charge in [0.1, 0.15) is 5.82 Å². The molecule has 1 aromatic heterocycles. The van der Waals surface area contributed by atoms with Crippen LogP contribution in [-0.2, 0) is 11.3 Å². The normalized spacial score (nSPS) is 10.6. The fourth-order valence-electron chi connectivity index (χ4n) is 2.39. The molecule has 0 fully saturated rings. The van der Waals surface area contributed by atoms with Crippen LogP contribution in [0.5, 0.6) is 0 Å². The molecule has 1 N–H and O–H groups in total. The monoisotopic (exact) mass is 355 g/mol. The molecule has 0 saturated heterocycles. The SMILES string of the molecule is Cc1cccc(-n2ccnc2SCC(=O)NCc2ccccc2F)c1. The number of rotatable bonds is 6. The van der Waals surface area contributed by atoms with E-state index in [1.807, 2.05) is 35.9 Å². The molecule has 0 atom stereocenters. The zero-order valence-electron chi connectivity index (χ0n) is 13.8. The van der Waals surface area contributed by atoms with Gasteiger partial charge in [0.2, 0.25) is 5.91 Å². The van der Waals surface area contributed by atoms with Crippen molar-refractivity contribution >= 4 is 17.7 Å². The summed E-state index contributed by atoms with van der Waals surface area (Å²) in [7, 11) is 0. The van der Waals surface area contributed by atoms with E-state index in [0.717, 1.165) is 16.4 Å². The number of halogens is 1. The number of thioether (sulfide) groups is 1.